The van der Waals surface area contributed by atoms with Gasteiger partial charge >= 0.3 is 0 Å². The molecule has 5 heteroatoms. The summed E-state index contributed by atoms with van der Waals surface area (Å²) in [5.41, 5.74) is 5.77. The molecule has 0 radical (unpaired) electrons. The third-order valence-corrected chi connectivity index (χ3v) is 3.01. The summed E-state index contributed by atoms with van der Waals surface area (Å²) in [5, 5.41) is 2.94. The van der Waals surface area contributed by atoms with Crippen LogP contribution >= 0.6 is 11.8 Å². The Kier molecular flexibility index (Phi) is 8.70. The maximum Gasteiger partial charge on any atom is 0.237 e. The van der Waals surface area contributed by atoms with Crippen molar-refractivity contribution < 1.29 is 4.79 Å². The fraction of sp³-hybridized carbons (Fsp3) is 0.909. The van der Waals surface area contributed by atoms with Crippen molar-refractivity contribution in [1.29, 1.82) is 0 Å². The van der Waals surface area contributed by atoms with E-state index in [1.54, 1.807) is 11.8 Å². The molecule has 1 unspecified atom stereocenters. The molecule has 3 N–H and O–H groups in total. The second-order valence-electron chi connectivity index (χ2n) is 4.39. The van der Waals surface area contributed by atoms with Crippen LogP contribution < -0.4 is 11.1 Å². The minimum absolute atomic E-state index is 0.0275. The van der Waals surface area contributed by atoms with Crippen LogP contribution in [0.4, 0.5) is 0 Å². The van der Waals surface area contributed by atoms with Gasteiger partial charge in [0, 0.05) is 6.04 Å². The van der Waals surface area contributed by atoms with E-state index in [4.69, 9.17) is 5.73 Å². The van der Waals surface area contributed by atoms with E-state index in [1.165, 1.54) is 0 Å². The number of nitrogens with two attached hydrogens (primary N) is 1. The molecule has 0 saturated heterocycles. The molecule has 2 atom stereocenters. The van der Waals surface area contributed by atoms with E-state index in [0.717, 1.165) is 25.1 Å². The fourth-order valence-electron chi connectivity index (χ4n) is 1.25. The first-order valence-corrected chi connectivity index (χ1v) is 7.06. The zero-order valence-electron chi connectivity index (χ0n) is 10.8. The smallest absolute Gasteiger partial charge is 0.237 e. The van der Waals surface area contributed by atoms with Crippen LogP contribution in [0.3, 0.4) is 0 Å². The van der Waals surface area contributed by atoms with Gasteiger partial charge in [0.25, 0.3) is 0 Å². The zero-order valence-corrected chi connectivity index (χ0v) is 11.6. The Labute approximate surface area is 103 Å². The van der Waals surface area contributed by atoms with Crippen LogP contribution in [0.15, 0.2) is 0 Å². The summed E-state index contributed by atoms with van der Waals surface area (Å²) in [6, 6.07) is -0.176. The lowest BCUT2D eigenvalue weighted by Gasteiger charge is -2.19. The van der Waals surface area contributed by atoms with Crippen LogP contribution in [-0.2, 0) is 4.79 Å². The molecule has 0 aliphatic heterocycles. The molecule has 0 aliphatic carbocycles. The molecule has 0 saturated carbocycles. The van der Waals surface area contributed by atoms with Gasteiger partial charge in [0.15, 0.2) is 0 Å². The molecule has 4 nitrogen and oxygen atoms in total. The SMILES string of the molecule is CSCC[C@@H](N)C(=O)NC(C)CCN(C)C. The lowest BCUT2D eigenvalue weighted by molar-refractivity contribution is -0.123. The van der Waals surface area contributed by atoms with Gasteiger partial charge in [-0.25, -0.2) is 0 Å². The molecular formula is C11H25N3OS. The molecule has 0 aromatic heterocycles. The van der Waals surface area contributed by atoms with Crippen molar-refractivity contribution in [3.63, 3.8) is 0 Å². The number of carbonyl (C=O) groups excluding carboxylic acids is 1. The summed E-state index contributed by atoms with van der Waals surface area (Å²) in [5.74, 6) is 0.904. The first-order valence-electron chi connectivity index (χ1n) is 5.67. The van der Waals surface area contributed by atoms with Gasteiger partial charge in [-0.1, -0.05) is 0 Å². The second-order valence-corrected chi connectivity index (χ2v) is 5.38. The fourth-order valence-corrected chi connectivity index (χ4v) is 1.74. The van der Waals surface area contributed by atoms with Crippen molar-refractivity contribution in [3.8, 4) is 0 Å². The van der Waals surface area contributed by atoms with Crippen molar-refractivity contribution in [2.75, 3.05) is 32.6 Å². The molecule has 0 spiro atoms. The lowest BCUT2D eigenvalue weighted by Crippen LogP contribution is -2.45. The van der Waals surface area contributed by atoms with Gasteiger partial charge in [-0.05, 0) is 52.4 Å². The number of amides is 1. The summed E-state index contributed by atoms with van der Waals surface area (Å²) >= 11 is 1.71. The lowest BCUT2D eigenvalue weighted by atomic mass is 10.2. The van der Waals surface area contributed by atoms with Crippen molar-refractivity contribution in [2.24, 2.45) is 5.73 Å². The predicted octanol–water partition coefficient (Wildman–Crippen LogP) is 0.523. The van der Waals surface area contributed by atoms with Crippen LogP contribution in [0.25, 0.3) is 0 Å². The number of carbonyl (C=O) groups is 1. The van der Waals surface area contributed by atoms with Crippen LogP contribution in [0.1, 0.15) is 19.8 Å². The Morgan fingerprint density at radius 2 is 2.06 bits per heavy atom. The van der Waals surface area contributed by atoms with Crippen molar-refractivity contribution in [2.45, 2.75) is 31.8 Å². The number of nitrogens with zero attached hydrogens (tertiary/aromatic N) is 1. The van der Waals surface area contributed by atoms with Gasteiger partial charge in [0.1, 0.15) is 0 Å². The van der Waals surface area contributed by atoms with E-state index in [1.807, 2.05) is 27.3 Å². The Morgan fingerprint density at radius 3 is 2.56 bits per heavy atom. The van der Waals surface area contributed by atoms with E-state index in [0.29, 0.717) is 0 Å². The average molecular weight is 247 g/mol. The Bertz CT molecular complexity index is 200. The van der Waals surface area contributed by atoms with Crippen molar-refractivity contribution >= 4 is 17.7 Å². The number of nitrogens with one attached hydrogen (secondary N) is 1. The van der Waals surface area contributed by atoms with Crippen LogP contribution in [0.5, 0.6) is 0 Å². The van der Waals surface area contributed by atoms with E-state index < -0.39 is 0 Å². The molecule has 96 valence electrons. The highest BCUT2D eigenvalue weighted by Gasteiger charge is 2.14. The molecular weight excluding hydrogens is 222 g/mol. The molecule has 0 heterocycles. The first kappa shape index (κ1) is 15.7. The van der Waals surface area contributed by atoms with E-state index >= 15 is 0 Å². The molecule has 1 amide bonds. The van der Waals surface area contributed by atoms with E-state index in [2.05, 4.69) is 10.2 Å². The summed E-state index contributed by atoms with van der Waals surface area (Å²) < 4.78 is 0. The summed E-state index contributed by atoms with van der Waals surface area (Å²) in [7, 11) is 4.05. The summed E-state index contributed by atoms with van der Waals surface area (Å²) in [4.78, 5) is 13.8. The highest BCUT2D eigenvalue weighted by Crippen LogP contribution is 2.00. The number of hydrogen-bond acceptors (Lipinski definition) is 4. The summed E-state index contributed by atoms with van der Waals surface area (Å²) in [6.45, 7) is 2.99. The van der Waals surface area contributed by atoms with Gasteiger partial charge in [0.2, 0.25) is 5.91 Å². The van der Waals surface area contributed by atoms with Crippen molar-refractivity contribution in [3.05, 3.63) is 0 Å². The maximum absolute atomic E-state index is 11.6. The number of thioether (sulfide) groups is 1. The van der Waals surface area contributed by atoms with Gasteiger partial charge < -0.3 is 16.0 Å². The topological polar surface area (TPSA) is 58.4 Å². The Morgan fingerprint density at radius 1 is 1.44 bits per heavy atom. The molecule has 0 aliphatic rings. The number of hydrogen-bond donors (Lipinski definition) is 2. The normalized spacial score (nSPS) is 14.9. The molecule has 16 heavy (non-hydrogen) atoms. The second kappa shape index (κ2) is 8.84. The van der Waals surface area contributed by atoms with Crippen LogP contribution in [-0.4, -0.2) is 55.5 Å². The highest BCUT2D eigenvalue weighted by molar-refractivity contribution is 7.98. The molecule has 0 bridgehead atoms. The minimum Gasteiger partial charge on any atom is -0.352 e. The van der Waals surface area contributed by atoms with E-state index in [-0.39, 0.29) is 18.0 Å². The average Bonchev–Trinajstić information content (AvgIpc) is 2.22. The van der Waals surface area contributed by atoms with Gasteiger partial charge in [0.05, 0.1) is 6.04 Å². The molecule has 0 aromatic rings. The largest absolute Gasteiger partial charge is 0.352 e. The first-order chi connectivity index (χ1) is 7.47. The minimum atomic E-state index is -0.366. The van der Waals surface area contributed by atoms with Gasteiger partial charge in [-0.15, -0.1) is 0 Å². The quantitative estimate of drug-likeness (QED) is 0.657. The van der Waals surface area contributed by atoms with Crippen LogP contribution in [0, 0.1) is 0 Å². The zero-order chi connectivity index (χ0) is 12.6. The van der Waals surface area contributed by atoms with Crippen LogP contribution in [0.2, 0.25) is 0 Å². The third-order valence-electron chi connectivity index (χ3n) is 2.37. The molecule has 0 aromatic carbocycles. The monoisotopic (exact) mass is 247 g/mol. The van der Waals surface area contributed by atoms with Crippen molar-refractivity contribution in [1.82, 2.24) is 10.2 Å². The molecule has 0 fully saturated rings. The van der Waals surface area contributed by atoms with Gasteiger partial charge in [-0.3, -0.25) is 4.79 Å². The van der Waals surface area contributed by atoms with Gasteiger partial charge in [-0.2, -0.15) is 11.8 Å². The standard InChI is InChI=1S/C11H25N3OS/c1-9(5-7-14(2)3)13-11(15)10(12)6-8-16-4/h9-10H,5-8,12H2,1-4H3,(H,13,15)/t9?,10-/m1/s1. The predicted molar refractivity (Wildman–Crippen MR) is 71.8 cm³/mol. The Hall–Kier alpha value is -0.260. The molecule has 0 rings (SSSR count). The summed E-state index contributed by atoms with van der Waals surface area (Å²) in [6.07, 6.45) is 3.71. The Balaban J connectivity index is 3.76. The number of rotatable bonds is 8. The van der Waals surface area contributed by atoms with E-state index in [9.17, 15) is 4.79 Å². The highest BCUT2D eigenvalue weighted by atomic mass is 32.2. The third kappa shape index (κ3) is 7.96. The maximum atomic E-state index is 11.6.